The Morgan fingerprint density at radius 3 is 2.77 bits per heavy atom. The van der Waals surface area contributed by atoms with Crippen molar-refractivity contribution in [2.45, 2.75) is 25.9 Å². The summed E-state index contributed by atoms with van der Waals surface area (Å²) in [5.74, 6) is 0.214. The van der Waals surface area contributed by atoms with Crippen LogP contribution in [0, 0.1) is 12.8 Å². The fraction of sp³-hybridized carbons (Fsp3) is 0.438. The quantitative estimate of drug-likeness (QED) is 0.882. The maximum absolute atomic E-state index is 11.1. The Balaban J connectivity index is 1.83. The molecule has 1 unspecified atom stereocenters. The van der Waals surface area contributed by atoms with Crippen LogP contribution < -0.4 is 10.6 Å². The van der Waals surface area contributed by atoms with Crippen LogP contribution in [0.5, 0.6) is 0 Å². The number of nitrogens with zero attached hydrogens (tertiary/aromatic N) is 3. The first kappa shape index (κ1) is 14.7. The van der Waals surface area contributed by atoms with E-state index in [1.54, 1.807) is 6.33 Å². The molecular formula is C16H20N4O2. The van der Waals surface area contributed by atoms with Crippen molar-refractivity contribution in [3.05, 3.63) is 30.1 Å². The second-order valence-electron chi connectivity index (χ2n) is 5.84. The lowest BCUT2D eigenvalue weighted by Crippen LogP contribution is -2.43. The summed E-state index contributed by atoms with van der Waals surface area (Å²) in [6.45, 7) is 3.53. The molecule has 1 amide bonds. The summed E-state index contributed by atoms with van der Waals surface area (Å²) in [6.07, 6.45) is 1.99. The fourth-order valence-electron chi connectivity index (χ4n) is 3.13. The number of anilines is 1. The zero-order valence-electron chi connectivity index (χ0n) is 12.6. The molecule has 0 aliphatic carbocycles. The Kier molecular flexibility index (Phi) is 3.94. The van der Waals surface area contributed by atoms with E-state index in [4.69, 9.17) is 5.73 Å². The van der Waals surface area contributed by atoms with Gasteiger partial charge >= 0.3 is 0 Å². The highest BCUT2D eigenvalue weighted by molar-refractivity contribution is 5.91. The molecule has 3 N–H and O–H groups in total. The average Bonchev–Trinajstić information content (AvgIpc) is 2.54. The van der Waals surface area contributed by atoms with E-state index in [1.807, 2.05) is 25.1 Å². The van der Waals surface area contributed by atoms with Gasteiger partial charge < -0.3 is 15.7 Å². The predicted molar refractivity (Wildman–Crippen MR) is 84.4 cm³/mol. The van der Waals surface area contributed by atoms with Crippen molar-refractivity contribution in [2.75, 3.05) is 18.0 Å². The minimum absolute atomic E-state index is 0.0661. The van der Waals surface area contributed by atoms with Crippen LogP contribution in [0.3, 0.4) is 0 Å². The highest BCUT2D eigenvalue weighted by Crippen LogP contribution is 2.29. The standard InChI is InChI=1S/C16H20N4O2/c1-10-3-2-4-12-13(10)18-9-19-16(12)20-7-5-11(6-8-20)14(21)15(17)22/h2-4,9,11,14,21H,5-8H2,1H3,(H2,17,22). The van der Waals surface area contributed by atoms with Crippen molar-refractivity contribution in [3.8, 4) is 0 Å². The number of aromatic nitrogens is 2. The summed E-state index contributed by atoms with van der Waals surface area (Å²) >= 11 is 0. The molecule has 0 radical (unpaired) electrons. The van der Waals surface area contributed by atoms with Gasteiger partial charge in [-0.3, -0.25) is 4.79 Å². The molecule has 6 heteroatoms. The first-order valence-corrected chi connectivity index (χ1v) is 7.50. The number of primary amides is 1. The van der Waals surface area contributed by atoms with Gasteiger partial charge in [0.25, 0.3) is 0 Å². The molecule has 1 saturated heterocycles. The van der Waals surface area contributed by atoms with E-state index in [-0.39, 0.29) is 5.92 Å². The van der Waals surface area contributed by atoms with Crippen LogP contribution in [0.4, 0.5) is 5.82 Å². The van der Waals surface area contributed by atoms with Gasteiger partial charge in [-0.15, -0.1) is 0 Å². The van der Waals surface area contributed by atoms with Gasteiger partial charge in [0.1, 0.15) is 18.2 Å². The first-order valence-electron chi connectivity index (χ1n) is 7.50. The molecule has 1 atom stereocenters. The summed E-state index contributed by atoms with van der Waals surface area (Å²) in [6, 6.07) is 6.07. The average molecular weight is 300 g/mol. The first-order chi connectivity index (χ1) is 10.6. The number of hydrogen-bond acceptors (Lipinski definition) is 5. The Hall–Kier alpha value is -2.21. The smallest absolute Gasteiger partial charge is 0.246 e. The molecule has 22 heavy (non-hydrogen) atoms. The second-order valence-corrected chi connectivity index (χ2v) is 5.84. The number of nitrogens with two attached hydrogens (primary N) is 1. The Labute approximate surface area is 129 Å². The zero-order valence-corrected chi connectivity index (χ0v) is 12.6. The number of aliphatic hydroxyl groups excluding tert-OH is 1. The fourth-order valence-corrected chi connectivity index (χ4v) is 3.13. The Morgan fingerprint density at radius 1 is 1.36 bits per heavy atom. The maximum Gasteiger partial charge on any atom is 0.246 e. The molecule has 116 valence electrons. The van der Waals surface area contributed by atoms with E-state index in [0.717, 1.165) is 48.2 Å². The van der Waals surface area contributed by atoms with E-state index < -0.39 is 12.0 Å². The highest BCUT2D eigenvalue weighted by Gasteiger charge is 2.29. The van der Waals surface area contributed by atoms with Crippen molar-refractivity contribution in [1.29, 1.82) is 0 Å². The molecule has 1 fully saturated rings. The summed E-state index contributed by atoms with van der Waals surface area (Å²) < 4.78 is 0. The topological polar surface area (TPSA) is 92.3 Å². The number of piperidine rings is 1. The third-order valence-corrected chi connectivity index (χ3v) is 4.42. The third-order valence-electron chi connectivity index (χ3n) is 4.42. The number of para-hydroxylation sites is 1. The number of carbonyl (C=O) groups is 1. The molecule has 1 aromatic carbocycles. The molecule has 0 bridgehead atoms. The summed E-state index contributed by atoms with van der Waals surface area (Å²) in [4.78, 5) is 22.1. The second kappa shape index (κ2) is 5.88. The highest BCUT2D eigenvalue weighted by atomic mass is 16.3. The number of amides is 1. The number of aryl methyl sites for hydroxylation is 1. The lowest BCUT2D eigenvalue weighted by Gasteiger charge is -2.34. The lowest BCUT2D eigenvalue weighted by molar-refractivity contribution is -0.129. The van der Waals surface area contributed by atoms with Crippen LogP contribution in [0.15, 0.2) is 24.5 Å². The van der Waals surface area contributed by atoms with Crippen LogP contribution in [-0.4, -0.2) is 40.2 Å². The van der Waals surface area contributed by atoms with Gasteiger partial charge in [0, 0.05) is 18.5 Å². The molecule has 0 spiro atoms. The number of carbonyl (C=O) groups excluding carboxylic acids is 1. The molecule has 2 aromatic rings. The third kappa shape index (κ3) is 2.62. The monoisotopic (exact) mass is 300 g/mol. The normalized spacial score (nSPS) is 17.6. The summed E-state index contributed by atoms with van der Waals surface area (Å²) in [7, 11) is 0. The van der Waals surface area contributed by atoms with Crippen LogP contribution in [0.1, 0.15) is 18.4 Å². The largest absolute Gasteiger partial charge is 0.383 e. The lowest BCUT2D eigenvalue weighted by atomic mass is 9.91. The molecule has 1 aromatic heterocycles. The molecule has 6 nitrogen and oxygen atoms in total. The SMILES string of the molecule is Cc1cccc2c(N3CCC(C(O)C(N)=O)CC3)ncnc12. The molecule has 1 aliphatic rings. The minimum Gasteiger partial charge on any atom is -0.383 e. The molecule has 2 heterocycles. The van der Waals surface area contributed by atoms with E-state index in [0.29, 0.717) is 0 Å². The van der Waals surface area contributed by atoms with E-state index in [2.05, 4.69) is 14.9 Å². The van der Waals surface area contributed by atoms with Crippen molar-refractivity contribution in [3.63, 3.8) is 0 Å². The van der Waals surface area contributed by atoms with E-state index in [9.17, 15) is 9.90 Å². The minimum atomic E-state index is -1.05. The zero-order chi connectivity index (χ0) is 15.7. The van der Waals surface area contributed by atoms with Crippen LogP contribution in [0.2, 0.25) is 0 Å². The Bertz CT molecular complexity index is 696. The molecule has 0 saturated carbocycles. The molecule has 1 aliphatic heterocycles. The summed E-state index contributed by atoms with van der Waals surface area (Å²) in [5.41, 5.74) is 7.27. The van der Waals surface area contributed by atoms with Gasteiger partial charge in [-0.25, -0.2) is 9.97 Å². The number of hydrogen-bond donors (Lipinski definition) is 2. The Morgan fingerprint density at radius 2 is 2.09 bits per heavy atom. The summed E-state index contributed by atoms with van der Waals surface area (Å²) in [5, 5.41) is 10.8. The van der Waals surface area contributed by atoms with Crippen molar-refractivity contribution >= 4 is 22.6 Å². The molecular weight excluding hydrogens is 280 g/mol. The van der Waals surface area contributed by atoms with Gasteiger partial charge in [-0.05, 0) is 37.3 Å². The van der Waals surface area contributed by atoms with Gasteiger partial charge in [-0.1, -0.05) is 12.1 Å². The maximum atomic E-state index is 11.1. The van der Waals surface area contributed by atoms with Gasteiger partial charge in [0.05, 0.1) is 5.52 Å². The van der Waals surface area contributed by atoms with Crippen LogP contribution >= 0.6 is 0 Å². The van der Waals surface area contributed by atoms with Gasteiger partial charge in [0.2, 0.25) is 5.91 Å². The predicted octanol–water partition coefficient (Wildman–Crippen LogP) is 1.00. The molecule has 3 rings (SSSR count). The van der Waals surface area contributed by atoms with Crippen molar-refractivity contribution in [2.24, 2.45) is 11.7 Å². The van der Waals surface area contributed by atoms with Crippen molar-refractivity contribution < 1.29 is 9.90 Å². The number of rotatable bonds is 3. The van der Waals surface area contributed by atoms with E-state index in [1.165, 1.54) is 0 Å². The van der Waals surface area contributed by atoms with Gasteiger partial charge in [0.15, 0.2) is 0 Å². The number of benzene rings is 1. The van der Waals surface area contributed by atoms with E-state index >= 15 is 0 Å². The van der Waals surface area contributed by atoms with Crippen LogP contribution in [-0.2, 0) is 4.79 Å². The van der Waals surface area contributed by atoms with Crippen LogP contribution in [0.25, 0.3) is 10.9 Å². The van der Waals surface area contributed by atoms with Crippen molar-refractivity contribution in [1.82, 2.24) is 9.97 Å². The number of fused-ring (bicyclic) bond motifs is 1. The van der Waals surface area contributed by atoms with Gasteiger partial charge in [-0.2, -0.15) is 0 Å². The number of aliphatic hydroxyl groups is 1.